The summed E-state index contributed by atoms with van der Waals surface area (Å²) in [5.74, 6) is 0.224. The van der Waals surface area contributed by atoms with Crippen LogP contribution in [0.3, 0.4) is 0 Å². The van der Waals surface area contributed by atoms with E-state index in [2.05, 4.69) is 40.6 Å². The number of aliphatic hydroxyl groups is 1. The molecule has 0 bridgehead atoms. The molecule has 0 radical (unpaired) electrons. The molecule has 0 spiro atoms. The molecule has 3 saturated heterocycles. The number of phenolic OH excluding ortho intramolecular Hbond substituents is 1. The van der Waals surface area contributed by atoms with Crippen LogP contribution in [0.1, 0.15) is 75.1 Å². The lowest BCUT2D eigenvalue weighted by molar-refractivity contribution is -0.141. The Morgan fingerprint density at radius 3 is 2.44 bits per heavy atom. The van der Waals surface area contributed by atoms with Gasteiger partial charge in [-0.1, -0.05) is 55.4 Å². The Balaban J connectivity index is 0.806. The van der Waals surface area contributed by atoms with Gasteiger partial charge in [0.2, 0.25) is 11.8 Å². The molecule has 3 aliphatic rings. The molecule has 0 saturated carbocycles. The highest BCUT2D eigenvalue weighted by Gasteiger charge is 2.44. The van der Waals surface area contributed by atoms with Crippen LogP contribution in [0.25, 0.3) is 32.7 Å². The highest BCUT2D eigenvalue weighted by Crippen LogP contribution is 2.37. The second-order valence-electron chi connectivity index (χ2n) is 17.0. The minimum atomic E-state index is -0.813. The lowest BCUT2D eigenvalue weighted by atomic mass is 9.91. The quantitative estimate of drug-likeness (QED) is 0.131. The molecule has 16 nitrogen and oxygen atoms in total. The fourth-order valence-corrected chi connectivity index (χ4v) is 9.93. The van der Waals surface area contributed by atoms with E-state index in [1.165, 1.54) is 4.90 Å². The van der Waals surface area contributed by atoms with Gasteiger partial charge in [-0.2, -0.15) is 5.10 Å². The minimum Gasteiger partial charge on any atom is -0.507 e. The summed E-state index contributed by atoms with van der Waals surface area (Å²) >= 11 is 1.59. The summed E-state index contributed by atoms with van der Waals surface area (Å²) < 4.78 is 7.85. The number of carbonyl (C=O) groups is 2. The van der Waals surface area contributed by atoms with E-state index >= 15 is 0 Å². The Morgan fingerprint density at radius 1 is 0.984 bits per heavy atom. The number of amides is 2. The van der Waals surface area contributed by atoms with Crippen molar-refractivity contribution in [3.63, 3.8) is 0 Å². The number of hydrogen-bond acceptors (Lipinski definition) is 14. The number of nitrogen functional groups attached to an aromatic ring is 1. The van der Waals surface area contributed by atoms with Crippen LogP contribution in [-0.4, -0.2) is 113 Å². The SMILES string of the molecule is Cc1ncsc1-c1ccc(C(C)NC(=O)[C@@H]2C[C@@H](O)CN2C(=O)C(c2cc(N3CC(N4CCC(n5nc(N)c6nnc(-c7ccccc7O)cc65)CC4)C3)no2)C(C)C)cc1. The third-order valence-electron chi connectivity index (χ3n) is 12.6. The van der Waals surface area contributed by atoms with E-state index in [-0.39, 0.29) is 48.5 Å². The maximum absolute atomic E-state index is 14.3. The van der Waals surface area contributed by atoms with Crippen molar-refractivity contribution < 1.29 is 24.3 Å². The Labute approximate surface area is 357 Å². The van der Waals surface area contributed by atoms with Gasteiger partial charge in [0.15, 0.2) is 22.9 Å². The van der Waals surface area contributed by atoms with Gasteiger partial charge in [-0.05, 0) is 61.9 Å². The van der Waals surface area contributed by atoms with Gasteiger partial charge in [0.25, 0.3) is 0 Å². The zero-order valence-electron chi connectivity index (χ0n) is 34.7. The van der Waals surface area contributed by atoms with Gasteiger partial charge >= 0.3 is 0 Å². The van der Waals surface area contributed by atoms with Crippen LogP contribution in [0.15, 0.2) is 70.7 Å². The van der Waals surface area contributed by atoms with E-state index in [0.29, 0.717) is 40.2 Å². The van der Waals surface area contributed by atoms with Crippen molar-refractivity contribution in [2.24, 2.45) is 5.92 Å². The molecule has 4 atom stereocenters. The lowest BCUT2D eigenvalue weighted by Gasteiger charge is -2.47. The summed E-state index contributed by atoms with van der Waals surface area (Å²) in [7, 11) is 0. The summed E-state index contributed by atoms with van der Waals surface area (Å²) in [5, 5.41) is 42.0. The molecular formula is C44H51N11O5S. The zero-order chi connectivity index (χ0) is 42.5. The number of aromatic hydroxyl groups is 1. The number of nitrogens with zero attached hydrogens (tertiary/aromatic N) is 9. The van der Waals surface area contributed by atoms with Crippen molar-refractivity contribution in [1.82, 2.24) is 45.2 Å². The molecule has 61 heavy (non-hydrogen) atoms. The van der Waals surface area contributed by atoms with Crippen LogP contribution in [0.5, 0.6) is 5.75 Å². The number of phenols is 1. The average molecular weight is 846 g/mol. The number of benzene rings is 2. The topological polar surface area (TPSA) is 205 Å². The van der Waals surface area contributed by atoms with E-state index < -0.39 is 18.1 Å². The number of anilines is 2. The molecule has 5 N–H and O–H groups in total. The van der Waals surface area contributed by atoms with Gasteiger partial charge in [-0.3, -0.25) is 19.2 Å². The molecule has 2 unspecified atom stereocenters. The van der Waals surface area contributed by atoms with Crippen LogP contribution in [0.4, 0.5) is 11.6 Å². The first kappa shape index (κ1) is 40.5. The van der Waals surface area contributed by atoms with Gasteiger partial charge in [0.1, 0.15) is 17.7 Å². The van der Waals surface area contributed by atoms with Gasteiger partial charge in [-0.15, -0.1) is 21.5 Å². The third-order valence-corrected chi connectivity index (χ3v) is 13.6. The molecule has 2 amide bonds. The zero-order valence-corrected chi connectivity index (χ0v) is 35.5. The van der Waals surface area contributed by atoms with Crippen molar-refractivity contribution in [3.8, 4) is 27.4 Å². The van der Waals surface area contributed by atoms with Crippen LogP contribution in [0, 0.1) is 12.8 Å². The number of piperidine rings is 1. The number of aromatic nitrogens is 6. The molecule has 3 aliphatic heterocycles. The van der Waals surface area contributed by atoms with Gasteiger partial charge in [0, 0.05) is 56.8 Å². The molecular weight excluding hydrogens is 795 g/mol. The number of thiazole rings is 1. The summed E-state index contributed by atoms with van der Waals surface area (Å²) in [6.45, 7) is 11.2. The van der Waals surface area contributed by atoms with Crippen molar-refractivity contribution in [1.29, 1.82) is 0 Å². The number of rotatable bonds is 11. The Hall–Kier alpha value is -5.91. The number of nitrogens with one attached hydrogen (secondary N) is 1. The van der Waals surface area contributed by atoms with E-state index in [4.69, 9.17) is 10.3 Å². The molecule has 7 heterocycles. The Morgan fingerprint density at radius 2 is 1.74 bits per heavy atom. The van der Waals surface area contributed by atoms with Gasteiger partial charge in [-0.25, -0.2) is 4.98 Å². The maximum atomic E-state index is 14.3. The smallest absolute Gasteiger partial charge is 0.243 e. The number of hydrogen-bond donors (Lipinski definition) is 4. The summed E-state index contributed by atoms with van der Waals surface area (Å²) in [4.78, 5) is 39.7. The third kappa shape index (κ3) is 7.81. The summed E-state index contributed by atoms with van der Waals surface area (Å²) in [6, 6.07) is 18.2. The van der Waals surface area contributed by atoms with Crippen LogP contribution in [0.2, 0.25) is 0 Å². The number of nitrogens with two attached hydrogens (primary N) is 1. The molecule has 2 aromatic carbocycles. The second-order valence-corrected chi connectivity index (χ2v) is 17.8. The highest BCUT2D eigenvalue weighted by molar-refractivity contribution is 7.13. The fourth-order valence-electron chi connectivity index (χ4n) is 9.12. The first-order valence-corrected chi connectivity index (χ1v) is 21.9. The van der Waals surface area contributed by atoms with Crippen molar-refractivity contribution in [2.45, 2.75) is 83.1 Å². The molecule has 3 fully saturated rings. The largest absolute Gasteiger partial charge is 0.507 e. The first-order valence-electron chi connectivity index (χ1n) is 21.0. The van der Waals surface area contributed by atoms with Crippen LogP contribution < -0.4 is 16.0 Å². The number of carbonyl (C=O) groups excluding carboxylic acids is 2. The number of fused-ring (bicyclic) bond motifs is 1. The molecule has 318 valence electrons. The number of likely N-dealkylation sites (tertiary alicyclic amines) is 2. The van der Waals surface area contributed by atoms with Crippen LogP contribution in [-0.2, 0) is 9.59 Å². The fraction of sp³-hybridized carbons (Fsp3) is 0.432. The monoisotopic (exact) mass is 845 g/mol. The molecule has 6 aromatic rings. The van der Waals surface area contributed by atoms with Crippen molar-refractivity contribution in [3.05, 3.63) is 83.2 Å². The highest BCUT2D eigenvalue weighted by atomic mass is 32.1. The van der Waals surface area contributed by atoms with Gasteiger partial charge in [0.05, 0.1) is 45.5 Å². The molecule has 17 heteroatoms. The number of para-hydroxylation sites is 1. The van der Waals surface area contributed by atoms with E-state index in [9.17, 15) is 19.8 Å². The Bertz CT molecular complexity index is 2540. The number of aliphatic hydroxyl groups excluding tert-OH is 1. The number of aryl methyl sites for hydroxylation is 1. The Kier molecular flexibility index (Phi) is 11.0. The van der Waals surface area contributed by atoms with Crippen molar-refractivity contribution in [2.75, 3.05) is 43.4 Å². The van der Waals surface area contributed by atoms with Gasteiger partial charge < -0.3 is 35.6 Å². The molecule has 0 aliphatic carbocycles. The minimum absolute atomic E-state index is 0.0697. The predicted molar refractivity (Wildman–Crippen MR) is 232 cm³/mol. The van der Waals surface area contributed by atoms with E-state index in [1.807, 2.05) is 86.4 Å². The van der Waals surface area contributed by atoms with E-state index in [0.717, 1.165) is 66.2 Å². The molecule has 9 rings (SSSR count). The normalized spacial score (nSPS) is 20.0. The van der Waals surface area contributed by atoms with E-state index in [1.54, 1.807) is 23.5 Å². The maximum Gasteiger partial charge on any atom is 0.243 e. The lowest BCUT2D eigenvalue weighted by Crippen LogP contribution is -2.61. The summed E-state index contributed by atoms with van der Waals surface area (Å²) in [6.07, 6.45) is 1.12. The van der Waals surface area contributed by atoms with Crippen LogP contribution >= 0.6 is 11.3 Å². The summed E-state index contributed by atoms with van der Waals surface area (Å²) in [5.41, 5.74) is 13.6. The standard InChI is InChI=1S/C44H51N11O5S/c1-24(2)39(44(59)54-22-31(56)17-35(54)43(58)47-25(3)27-9-11-28(12-10-27)41-26(4)46-23-61-41)37-19-38(51-60-37)53-20-30(21-53)52-15-13-29(14-16-52)55-34-18-33(32-7-5-6-8-36(32)57)48-49-40(34)42(45)50-55/h5-12,18-19,23-25,29-31,35,39,56-57H,13-17,20-22H2,1-4H3,(H2,45,50)(H,47,58)/t25?,31-,35+,39?/m1/s1. The average Bonchev–Trinajstić information content (AvgIpc) is 4.05. The number of β-amino-alcohol motifs (C(OH)–C–C–N with tert-alkyl or cyclic N) is 1. The van der Waals surface area contributed by atoms with Crippen molar-refractivity contribution >= 4 is 45.8 Å². The predicted octanol–water partition coefficient (Wildman–Crippen LogP) is 5.31. The second kappa shape index (κ2) is 16.5. The molecule has 4 aromatic heterocycles. The first-order chi connectivity index (χ1) is 29.4.